The number of hydrogen-bond acceptors (Lipinski definition) is 2. The van der Waals surface area contributed by atoms with E-state index in [1.165, 1.54) is 0 Å². The number of anilines is 8. The molecule has 0 spiro atoms. The van der Waals surface area contributed by atoms with Crippen molar-refractivity contribution in [3.05, 3.63) is 194 Å². The first-order chi connectivity index (χ1) is 24.6. The van der Waals surface area contributed by atoms with Crippen molar-refractivity contribution in [2.24, 2.45) is 0 Å². The van der Waals surface area contributed by atoms with E-state index in [1.54, 1.807) is 0 Å². The third-order valence-electron chi connectivity index (χ3n) is 9.27. The van der Waals surface area contributed by atoms with Crippen molar-refractivity contribution in [2.45, 2.75) is 0 Å². The molecule has 2 aliphatic heterocycles. The monoisotopic (exact) mass is 686 g/mol. The fourth-order valence-electron chi connectivity index (χ4n) is 7.18. The van der Waals surface area contributed by atoms with Gasteiger partial charge in [0.05, 0.1) is 33.4 Å². The fraction of sp³-hybridized carbons (Fsp3) is 0. The van der Waals surface area contributed by atoms with Gasteiger partial charge >= 0.3 is 14.9 Å². The van der Waals surface area contributed by atoms with Crippen LogP contribution in [0.3, 0.4) is 0 Å². The Labute approximate surface area is 292 Å². The minimum atomic E-state index is -3.71. The predicted octanol–water partition coefficient (Wildman–Crippen LogP) is 11.3. The lowest BCUT2D eigenvalue weighted by Gasteiger charge is -2.35. The Morgan fingerprint density at radius 2 is 0.520 bits per heavy atom. The lowest BCUT2D eigenvalue weighted by Crippen LogP contribution is -2.31. The van der Waals surface area contributed by atoms with Crippen LogP contribution in [0.1, 0.15) is 0 Å². The number of hydrogen-bond donors (Lipinski definition) is 0. The first kappa shape index (κ1) is 30.3. The minimum absolute atomic E-state index is 0.575. The third kappa shape index (κ3) is 4.50. The molecule has 9 rings (SSSR count). The first-order valence-electron chi connectivity index (χ1n) is 16.5. The van der Waals surface area contributed by atoms with Crippen LogP contribution in [-0.2, 0) is 9.13 Å². The Morgan fingerprint density at radius 1 is 0.280 bits per heavy atom. The molecule has 0 unspecified atom stereocenters. The van der Waals surface area contributed by atoms with Gasteiger partial charge in [-0.2, -0.15) is 0 Å². The highest BCUT2D eigenvalue weighted by molar-refractivity contribution is 7.77. The number of fused-ring (bicyclic) bond motifs is 2. The van der Waals surface area contributed by atoms with Crippen LogP contribution in [0.25, 0.3) is 0 Å². The number of nitrogens with zero attached hydrogens (tertiary/aromatic N) is 4. The van der Waals surface area contributed by atoms with Crippen molar-refractivity contribution in [3.63, 3.8) is 0 Å². The molecule has 7 aromatic carbocycles. The third-order valence-corrected chi connectivity index (χ3v) is 15.1. The zero-order valence-electron chi connectivity index (χ0n) is 27.0. The maximum atomic E-state index is 16.5. The van der Waals surface area contributed by atoms with Crippen molar-refractivity contribution in [2.75, 3.05) is 18.7 Å². The van der Waals surface area contributed by atoms with Gasteiger partial charge in [0.15, 0.2) is 0 Å². The van der Waals surface area contributed by atoms with Crippen LogP contribution in [0.2, 0.25) is 0 Å². The Bertz CT molecular complexity index is 2120. The molecule has 7 aromatic rings. The van der Waals surface area contributed by atoms with Gasteiger partial charge in [-0.05, 0) is 91.0 Å². The summed E-state index contributed by atoms with van der Waals surface area (Å²) in [5, 5.41) is 1.15. The van der Waals surface area contributed by atoms with Gasteiger partial charge in [-0.3, -0.25) is 27.8 Å². The normalized spacial score (nSPS) is 15.5. The summed E-state index contributed by atoms with van der Waals surface area (Å²) in [6.07, 6.45) is 0. The van der Waals surface area contributed by atoms with Gasteiger partial charge in [0, 0.05) is 22.7 Å². The van der Waals surface area contributed by atoms with E-state index in [4.69, 9.17) is 0 Å². The smallest absolute Gasteiger partial charge is 0.270 e. The van der Waals surface area contributed by atoms with Gasteiger partial charge in [0.1, 0.15) is 0 Å². The molecule has 50 heavy (non-hydrogen) atoms. The second-order valence-electron chi connectivity index (χ2n) is 12.2. The molecule has 0 atom stereocenters. The van der Waals surface area contributed by atoms with E-state index in [9.17, 15) is 0 Å². The first-order valence-corrected chi connectivity index (χ1v) is 19.7. The van der Waals surface area contributed by atoms with Crippen LogP contribution in [0.4, 0.5) is 45.5 Å². The van der Waals surface area contributed by atoms with Gasteiger partial charge in [-0.1, -0.05) is 103 Å². The molecule has 0 aromatic heterocycles. The van der Waals surface area contributed by atoms with Crippen molar-refractivity contribution in [1.82, 2.24) is 0 Å². The number of rotatable bonds is 6. The van der Waals surface area contributed by atoms with Crippen LogP contribution < -0.4 is 29.3 Å². The molecule has 6 nitrogen and oxygen atoms in total. The van der Waals surface area contributed by atoms with Crippen molar-refractivity contribution < 1.29 is 9.13 Å². The van der Waals surface area contributed by atoms with Crippen molar-refractivity contribution >= 4 is 71.0 Å². The summed E-state index contributed by atoms with van der Waals surface area (Å²) in [4.78, 5) is 0. The molecule has 0 amide bonds. The fourth-order valence-corrected chi connectivity index (χ4v) is 13.4. The lowest BCUT2D eigenvalue weighted by atomic mass is 10.2. The Kier molecular flexibility index (Phi) is 7.24. The molecule has 0 N–H and O–H groups in total. The van der Waals surface area contributed by atoms with Crippen LogP contribution >= 0.6 is 14.9 Å². The maximum absolute atomic E-state index is 16.5. The van der Waals surface area contributed by atoms with Crippen LogP contribution in [-0.4, -0.2) is 0 Å². The number of para-hydroxylation sites is 8. The summed E-state index contributed by atoms with van der Waals surface area (Å²) in [7, 11) is -7.43. The average molecular weight is 687 g/mol. The molecule has 0 bridgehead atoms. The Hall–Kier alpha value is -5.80. The zero-order valence-corrected chi connectivity index (χ0v) is 28.8. The molecule has 0 aliphatic carbocycles. The van der Waals surface area contributed by atoms with E-state index in [1.807, 2.05) is 213 Å². The molecule has 0 saturated carbocycles. The van der Waals surface area contributed by atoms with Crippen LogP contribution in [0, 0.1) is 0 Å². The van der Waals surface area contributed by atoms with E-state index in [0.29, 0.717) is 10.6 Å². The largest absolute Gasteiger partial charge is 0.301 e. The molecular weight excluding hydrogens is 654 g/mol. The number of benzene rings is 7. The van der Waals surface area contributed by atoms with Crippen molar-refractivity contribution in [3.8, 4) is 0 Å². The summed E-state index contributed by atoms with van der Waals surface area (Å²) >= 11 is 0. The molecule has 0 radical (unpaired) electrons. The van der Waals surface area contributed by atoms with Gasteiger partial charge in [-0.15, -0.1) is 0 Å². The highest BCUT2D eigenvalue weighted by Gasteiger charge is 2.52. The summed E-state index contributed by atoms with van der Waals surface area (Å²) in [6.45, 7) is 0. The SMILES string of the molecule is O=P1(c2cccc(P3(=O)N(c4ccccc4)c4ccccc4N3c3ccccc3)c2)N(c2ccccc2)c2ccccc2N1c1ccccc1. The predicted molar refractivity (Wildman–Crippen MR) is 208 cm³/mol. The average Bonchev–Trinajstić information content (AvgIpc) is 3.62. The summed E-state index contributed by atoms with van der Waals surface area (Å²) in [5.74, 6) is 0. The van der Waals surface area contributed by atoms with Crippen LogP contribution in [0.15, 0.2) is 194 Å². The Balaban J connectivity index is 1.31. The van der Waals surface area contributed by atoms with E-state index < -0.39 is 14.9 Å². The minimum Gasteiger partial charge on any atom is -0.270 e. The standard InChI is InChI=1S/C42H32N4O2P2/c47-49(43(33-18-5-1-6-19-33)39-28-13-14-29-40(39)44(49)34-20-7-2-8-21-34)37-26-17-27-38(32-37)50(48)45(35-22-9-3-10-23-35)41-30-15-16-31-42(41)46(50)36-24-11-4-12-25-36/h1-32H. The summed E-state index contributed by atoms with van der Waals surface area (Å²) in [5.41, 5.74) is 6.60. The second kappa shape index (κ2) is 12.0. The molecular formula is C42H32N4O2P2. The van der Waals surface area contributed by atoms with Crippen molar-refractivity contribution in [1.29, 1.82) is 0 Å². The Morgan fingerprint density at radius 3 is 0.780 bits per heavy atom. The zero-order chi connectivity index (χ0) is 33.7. The van der Waals surface area contributed by atoms with Gasteiger partial charge in [0.25, 0.3) is 0 Å². The van der Waals surface area contributed by atoms with Gasteiger partial charge in [0.2, 0.25) is 0 Å². The quantitative estimate of drug-likeness (QED) is 0.162. The highest BCUT2D eigenvalue weighted by Crippen LogP contribution is 2.72. The highest BCUT2D eigenvalue weighted by atomic mass is 31.2. The molecule has 0 saturated heterocycles. The molecule has 8 heteroatoms. The van der Waals surface area contributed by atoms with Gasteiger partial charge < -0.3 is 0 Å². The topological polar surface area (TPSA) is 47.1 Å². The lowest BCUT2D eigenvalue weighted by molar-refractivity contribution is 0.582. The molecule has 242 valence electrons. The summed E-state index contributed by atoms with van der Waals surface area (Å²) in [6, 6.07) is 63.2. The molecule has 2 heterocycles. The van der Waals surface area contributed by atoms with E-state index in [0.717, 1.165) is 45.5 Å². The maximum Gasteiger partial charge on any atom is 0.301 e. The van der Waals surface area contributed by atoms with E-state index in [-0.39, 0.29) is 0 Å². The van der Waals surface area contributed by atoms with E-state index >= 15 is 9.13 Å². The second-order valence-corrected chi connectivity index (χ2v) is 17.0. The van der Waals surface area contributed by atoms with Gasteiger partial charge in [-0.25, -0.2) is 0 Å². The summed E-state index contributed by atoms with van der Waals surface area (Å²) < 4.78 is 40.8. The molecule has 2 aliphatic rings. The van der Waals surface area contributed by atoms with Crippen LogP contribution in [0.5, 0.6) is 0 Å². The molecule has 0 fully saturated rings. The van der Waals surface area contributed by atoms with E-state index in [2.05, 4.69) is 0 Å².